The van der Waals surface area contributed by atoms with E-state index in [1.165, 1.54) is 30.0 Å². The Morgan fingerprint density at radius 3 is 2.30 bits per heavy atom. The number of thioether (sulfide) groups is 1. The van der Waals surface area contributed by atoms with E-state index < -0.39 is 22.9 Å². The molecule has 6 nitrogen and oxygen atoms in total. The molecule has 0 spiro atoms. The molecule has 3 N–H and O–H groups in total. The molecule has 0 aliphatic rings. The van der Waals surface area contributed by atoms with E-state index in [2.05, 4.69) is 16.0 Å². The minimum atomic E-state index is -0.559. The van der Waals surface area contributed by atoms with E-state index in [4.69, 9.17) is 11.6 Å². The molecule has 0 saturated carbocycles. The lowest BCUT2D eigenvalue weighted by Crippen LogP contribution is -2.30. The van der Waals surface area contributed by atoms with E-state index in [0.717, 1.165) is 0 Å². The predicted molar refractivity (Wildman–Crippen MR) is 159 cm³/mol. The van der Waals surface area contributed by atoms with Crippen molar-refractivity contribution in [3.05, 3.63) is 131 Å². The zero-order valence-corrected chi connectivity index (χ0v) is 22.9. The van der Waals surface area contributed by atoms with Crippen LogP contribution in [-0.4, -0.2) is 23.0 Å². The predicted octanol–water partition coefficient (Wildman–Crippen LogP) is 7.01. The van der Waals surface area contributed by atoms with Crippen molar-refractivity contribution in [2.24, 2.45) is 0 Å². The lowest BCUT2D eigenvalue weighted by Gasteiger charge is -2.14. The van der Waals surface area contributed by atoms with E-state index in [9.17, 15) is 18.8 Å². The van der Waals surface area contributed by atoms with Gasteiger partial charge in [0.05, 0.1) is 10.9 Å². The highest BCUT2D eigenvalue weighted by molar-refractivity contribution is 8.00. The van der Waals surface area contributed by atoms with Crippen LogP contribution >= 0.6 is 23.4 Å². The maximum atomic E-state index is 13.9. The zero-order chi connectivity index (χ0) is 28.5. The molecule has 9 heteroatoms. The molecule has 1 unspecified atom stereocenters. The van der Waals surface area contributed by atoms with Crippen molar-refractivity contribution in [3.63, 3.8) is 0 Å². The highest BCUT2D eigenvalue weighted by atomic mass is 35.5. The number of carbonyl (C=O) groups excluding carboxylic acids is 3. The number of anilines is 2. The van der Waals surface area contributed by atoms with Crippen LogP contribution in [0.5, 0.6) is 0 Å². The standard InChI is InChI=1S/C31H25ClFN3O3S/c1-20(29(37)35-27-17-8-7-16-26(27)33)40-24-14-9-13-23(19-24)34-31(39)28(18-22-12-5-6-15-25(22)32)36-30(38)21-10-3-2-4-11-21/h2-20H,1H3,(H,34,39)(H,35,37)(H,36,38)/b28-18+. The highest BCUT2D eigenvalue weighted by Gasteiger charge is 2.18. The molecule has 0 bridgehead atoms. The fourth-order valence-electron chi connectivity index (χ4n) is 3.59. The van der Waals surface area contributed by atoms with E-state index >= 15 is 0 Å². The SMILES string of the molecule is CC(Sc1cccc(NC(=O)/C(=C\c2ccccc2Cl)NC(=O)c2ccccc2)c1)C(=O)Nc1ccccc1F. The first-order chi connectivity index (χ1) is 19.3. The lowest BCUT2D eigenvalue weighted by molar-refractivity contribution is -0.115. The molecule has 0 aliphatic carbocycles. The van der Waals surface area contributed by atoms with Gasteiger partial charge in [0.1, 0.15) is 11.5 Å². The van der Waals surface area contributed by atoms with Crippen LogP contribution in [0.15, 0.2) is 114 Å². The molecule has 0 radical (unpaired) electrons. The molecule has 0 aliphatic heterocycles. The Hall–Kier alpha value is -4.40. The fourth-order valence-corrected chi connectivity index (χ4v) is 4.71. The summed E-state index contributed by atoms with van der Waals surface area (Å²) in [6.45, 7) is 1.70. The summed E-state index contributed by atoms with van der Waals surface area (Å²) in [5, 5.41) is 7.94. The van der Waals surface area contributed by atoms with Gasteiger partial charge in [0.15, 0.2) is 0 Å². The van der Waals surface area contributed by atoms with Crippen LogP contribution in [0.3, 0.4) is 0 Å². The average Bonchev–Trinajstić information content (AvgIpc) is 2.95. The van der Waals surface area contributed by atoms with Crippen LogP contribution in [0.1, 0.15) is 22.8 Å². The molecule has 3 amide bonds. The molecular formula is C31H25ClFN3O3S. The van der Waals surface area contributed by atoms with Gasteiger partial charge in [-0.25, -0.2) is 4.39 Å². The monoisotopic (exact) mass is 573 g/mol. The van der Waals surface area contributed by atoms with Crippen molar-refractivity contribution in [2.45, 2.75) is 17.1 Å². The van der Waals surface area contributed by atoms with Crippen LogP contribution in [0.25, 0.3) is 6.08 Å². The number of rotatable bonds is 9. The van der Waals surface area contributed by atoms with Crippen LogP contribution in [0.2, 0.25) is 5.02 Å². The van der Waals surface area contributed by atoms with Crippen LogP contribution in [0.4, 0.5) is 15.8 Å². The number of hydrogen-bond donors (Lipinski definition) is 3. The number of nitrogens with one attached hydrogen (secondary N) is 3. The maximum absolute atomic E-state index is 13.9. The Labute approximate surface area is 240 Å². The van der Waals surface area contributed by atoms with Gasteiger partial charge < -0.3 is 16.0 Å². The van der Waals surface area contributed by atoms with Gasteiger partial charge in [-0.05, 0) is 67.1 Å². The van der Waals surface area contributed by atoms with Crippen molar-refractivity contribution in [2.75, 3.05) is 10.6 Å². The molecule has 4 rings (SSSR count). The van der Waals surface area contributed by atoms with Crippen molar-refractivity contribution in [3.8, 4) is 0 Å². The van der Waals surface area contributed by atoms with Gasteiger partial charge in [0.25, 0.3) is 11.8 Å². The summed E-state index contributed by atoms with van der Waals surface area (Å²) in [7, 11) is 0. The second-order valence-electron chi connectivity index (χ2n) is 8.61. The highest BCUT2D eigenvalue weighted by Crippen LogP contribution is 2.27. The summed E-state index contributed by atoms with van der Waals surface area (Å²) >= 11 is 7.55. The number of para-hydroxylation sites is 1. The Morgan fingerprint density at radius 2 is 1.55 bits per heavy atom. The van der Waals surface area contributed by atoms with E-state index in [-0.39, 0.29) is 17.3 Å². The number of amides is 3. The van der Waals surface area contributed by atoms with Crippen molar-refractivity contribution < 1.29 is 18.8 Å². The van der Waals surface area contributed by atoms with Crippen LogP contribution < -0.4 is 16.0 Å². The van der Waals surface area contributed by atoms with Crippen molar-refractivity contribution in [1.82, 2.24) is 5.32 Å². The number of hydrogen-bond acceptors (Lipinski definition) is 4. The van der Waals surface area contributed by atoms with E-state index in [0.29, 0.717) is 26.7 Å². The summed E-state index contributed by atoms with van der Waals surface area (Å²) in [6.07, 6.45) is 1.51. The summed E-state index contributed by atoms with van der Waals surface area (Å²) in [4.78, 5) is 39.5. The minimum absolute atomic E-state index is 0.00218. The number of benzene rings is 4. The summed E-state index contributed by atoms with van der Waals surface area (Å²) in [6, 6.07) is 28.4. The Morgan fingerprint density at radius 1 is 0.850 bits per heavy atom. The molecule has 0 fully saturated rings. The van der Waals surface area contributed by atoms with Gasteiger partial charge in [0.2, 0.25) is 5.91 Å². The second kappa shape index (κ2) is 13.6. The molecule has 4 aromatic carbocycles. The lowest BCUT2D eigenvalue weighted by atomic mass is 10.1. The second-order valence-corrected chi connectivity index (χ2v) is 10.4. The largest absolute Gasteiger partial charge is 0.323 e. The quantitative estimate of drug-likeness (QED) is 0.148. The first kappa shape index (κ1) is 28.6. The van der Waals surface area contributed by atoms with Crippen molar-refractivity contribution >= 4 is 58.5 Å². The zero-order valence-electron chi connectivity index (χ0n) is 21.4. The summed E-state index contributed by atoms with van der Waals surface area (Å²) in [5.74, 6) is -1.89. The molecule has 0 saturated heterocycles. The number of halogens is 2. The Balaban J connectivity index is 1.49. The topological polar surface area (TPSA) is 87.3 Å². The van der Waals surface area contributed by atoms with Crippen molar-refractivity contribution in [1.29, 1.82) is 0 Å². The minimum Gasteiger partial charge on any atom is -0.323 e. The average molecular weight is 574 g/mol. The maximum Gasteiger partial charge on any atom is 0.272 e. The first-order valence-electron chi connectivity index (χ1n) is 12.3. The third kappa shape index (κ3) is 7.81. The third-order valence-corrected chi connectivity index (χ3v) is 7.08. The summed E-state index contributed by atoms with van der Waals surface area (Å²) < 4.78 is 13.9. The van der Waals surface area contributed by atoms with Crippen LogP contribution in [0, 0.1) is 5.82 Å². The molecule has 0 aromatic heterocycles. The molecular weight excluding hydrogens is 549 g/mol. The fraction of sp³-hybridized carbons (Fsp3) is 0.0645. The van der Waals surface area contributed by atoms with E-state index in [1.807, 2.05) is 0 Å². The first-order valence-corrected chi connectivity index (χ1v) is 13.5. The van der Waals surface area contributed by atoms with Gasteiger partial charge in [-0.2, -0.15) is 0 Å². The van der Waals surface area contributed by atoms with Gasteiger partial charge in [-0.3, -0.25) is 14.4 Å². The van der Waals surface area contributed by atoms with Gasteiger partial charge in [0, 0.05) is 21.2 Å². The van der Waals surface area contributed by atoms with E-state index in [1.54, 1.807) is 97.9 Å². The smallest absolute Gasteiger partial charge is 0.272 e. The summed E-state index contributed by atoms with van der Waals surface area (Å²) in [5.41, 5.74) is 1.51. The van der Waals surface area contributed by atoms with Gasteiger partial charge >= 0.3 is 0 Å². The van der Waals surface area contributed by atoms with Gasteiger partial charge in [-0.1, -0.05) is 66.2 Å². The molecule has 202 valence electrons. The molecule has 0 heterocycles. The molecule has 40 heavy (non-hydrogen) atoms. The molecule has 1 atom stereocenters. The van der Waals surface area contributed by atoms with Crippen LogP contribution in [-0.2, 0) is 9.59 Å². The normalized spacial score (nSPS) is 11.8. The van der Waals surface area contributed by atoms with Gasteiger partial charge in [-0.15, -0.1) is 11.8 Å². The Bertz CT molecular complexity index is 1560. The molecule has 4 aromatic rings. The number of carbonyl (C=O) groups is 3. The Kier molecular flexibility index (Phi) is 9.72. The third-order valence-electron chi connectivity index (χ3n) is 5.64.